The fourth-order valence-corrected chi connectivity index (χ4v) is 4.26. The average Bonchev–Trinajstić information content (AvgIpc) is 2.60. The summed E-state index contributed by atoms with van der Waals surface area (Å²) in [7, 11) is -2.82. The van der Waals surface area contributed by atoms with E-state index in [4.69, 9.17) is 5.26 Å². The van der Waals surface area contributed by atoms with Gasteiger partial charge in [0.25, 0.3) is 0 Å². The van der Waals surface area contributed by atoms with E-state index in [1.54, 1.807) is 0 Å². The standard InChI is InChI=1S/C8H11NO2S/c9-5-7-4-8(7)2-1-3-12(10,11)6-8/h7H,1-4,6H2. The van der Waals surface area contributed by atoms with Gasteiger partial charge in [-0.1, -0.05) is 0 Å². The van der Waals surface area contributed by atoms with Crippen LogP contribution in [0, 0.1) is 22.7 Å². The van der Waals surface area contributed by atoms with Crippen LogP contribution in [0.4, 0.5) is 0 Å². The molecule has 0 aromatic heterocycles. The molecule has 2 aliphatic rings. The zero-order valence-corrected chi connectivity index (χ0v) is 7.60. The Hall–Kier alpha value is -0.560. The molecule has 2 unspecified atom stereocenters. The largest absolute Gasteiger partial charge is 0.229 e. The van der Waals surface area contributed by atoms with Crippen LogP contribution >= 0.6 is 0 Å². The predicted octanol–water partition coefficient (Wildman–Crippen LogP) is 0.725. The van der Waals surface area contributed by atoms with E-state index in [1.165, 1.54) is 0 Å². The Morgan fingerprint density at radius 3 is 2.75 bits per heavy atom. The summed E-state index contributed by atoms with van der Waals surface area (Å²) < 4.78 is 22.5. The number of hydrogen-bond donors (Lipinski definition) is 0. The van der Waals surface area contributed by atoms with Crippen LogP contribution in [0.1, 0.15) is 19.3 Å². The smallest absolute Gasteiger partial charge is 0.150 e. The van der Waals surface area contributed by atoms with Gasteiger partial charge in [0.05, 0.1) is 23.5 Å². The summed E-state index contributed by atoms with van der Waals surface area (Å²) >= 11 is 0. The molecule has 0 bridgehead atoms. The van der Waals surface area contributed by atoms with Gasteiger partial charge in [-0.2, -0.15) is 5.26 Å². The maximum absolute atomic E-state index is 11.3. The Kier molecular flexibility index (Phi) is 1.50. The summed E-state index contributed by atoms with van der Waals surface area (Å²) in [6.07, 6.45) is 2.49. The molecule has 0 aromatic carbocycles. The lowest BCUT2D eigenvalue weighted by Crippen LogP contribution is -2.27. The van der Waals surface area contributed by atoms with Gasteiger partial charge >= 0.3 is 0 Å². The summed E-state index contributed by atoms with van der Waals surface area (Å²) in [5, 5.41) is 8.65. The first kappa shape index (κ1) is 8.06. The quantitative estimate of drug-likeness (QED) is 0.559. The van der Waals surface area contributed by atoms with Gasteiger partial charge in [0.2, 0.25) is 0 Å². The lowest BCUT2D eigenvalue weighted by Gasteiger charge is -2.20. The summed E-state index contributed by atoms with van der Waals surface area (Å²) in [5.41, 5.74) is -0.119. The lowest BCUT2D eigenvalue weighted by molar-refractivity contribution is 0.454. The van der Waals surface area contributed by atoms with Crippen molar-refractivity contribution < 1.29 is 8.42 Å². The fraction of sp³-hybridized carbons (Fsp3) is 0.875. The second-order valence-corrected chi connectivity index (χ2v) is 6.13. The van der Waals surface area contributed by atoms with E-state index >= 15 is 0 Å². The zero-order valence-electron chi connectivity index (χ0n) is 6.78. The number of sulfone groups is 1. The molecule has 12 heavy (non-hydrogen) atoms. The minimum atomic E-state index is -2.82. The summed E-state index contributed by atoms with van der Waals surface area (Å²) in [6.45, 7) is 0. The second kappa shape index (κ2) is 2.23. The fourth-order valence-electron chi connectivity index (χ4n) is 2.19. The number of hydrogen-bond acceptors (Lipinski definition) is 3. The summed E-state index contributed by atoms with van der Waals surface area (Å²) in [6, 6.07) is 2.17. The van der Waals surface area contributed by atoms with E-state index in [-0.39, 0.29) is 17.1 Å². The molecule has 0 aromatic rings. The highest BCUT2D eigenvalue weighted by Crippen LogP contribution is 2.57. The lowest BCUT2D eigenvalue weighted by atomic mass is 10.00. The Labute approximate surface area is 72.3 Å². The average molecular weight is 185 g/mol. The molecule has 3 nitrogen and oxygen atoms in total. The molecule has 1 heterocycles. The number of nitriles is 1. The molecule has 1 aliphatic carbocycles. The molecular weight excluding hydrogens is 174 g/mol. The Morgan fingerprint density at radius 1 is 1.50 bits per heavy atom. The monoisotopic (exact) mass is 185 g/mol. The molecule has 2 fully saturated rings. The molecule has 2 atom stereocenters. The van der Waals surface area contributed by atoms with Gasteiger partial charge in [-0.15, -0.1) is 0 Å². The van der Waals surface area contributed by atoms with Crippen LogP contribution in [-0.4, -0.2) is 19.9 Å². The molecule has 2 rings (SSSR count). The highest BCUT2D eigenvalue weighted by molar-refractivity contribution is 7.91. The van der Waals surface area contributed by atoms with Crippen molar-refractivity contribution >= 4 is 9.84 Å². The van der Waals surface area contributed by atoms with Gasteiger partial charge in [-0.3, -0.25) is 0 Å². The summed E-state index contributed by atoms with van der Waals surface area (Å²) in [5.74, 6) is 0.609. The summed E-state index contributed by atoms with van der Waals surface area (Å²) in [4.78, 5) is 0. The van der Waals surface area contributed by atoms with Crippen LogP contribution in [0.15, 0.2) is 0 Å². The van der Waals surface area contributed by atoms with Crippen molar-refractivity contribution in [1.29, 1.82) is 5.26 Å². The van der Waals surface area contributed by atoms with Crippen LogP contribution in [0.25, 0.3) is 0 Å². The van der Waals surface area contributed by atoms with E-state index in [1.807, 2.05) is 0 Å². The van der Waals surface area contributed by atoms with Gasteiger partial charge in [-0.25, -0.2) is 8.42 Å². The first-order valence-corrected chi connectivity index (χ1v) is 6.00. The van der Waals surface area contributed by atoms with E-state index in [9.17, 15) is 8.42 Å². The van der Waals surface area contributed by atoms with E-state index < -0.39 is 9.84 Å². The second-order valence-electron chi connectivity index (χ2n) is 3.94. The van der Waals surface area contributed by atoms with Gasteiger partial charge in [0, 0.05) is 5.41 Å². The third-order valence-corrected chi connectivity index (χ3v) is 4.91. The Bertz CT molecular complexity index is 341. The van der Waals surface area contributed by atoms with Crippen molar-refractivity contribution in [3.05, 3.63) is 0 Å². The van der Waals surface area contributed by atoms with Crippen molar-refractivity contribution in [3.8, 4) is 6.07 Å². The molecule has 66 valence electrons. The van der Waals surface area contributed by atoms with Gasteiger partial charge in [-0.05, 0) is 19.3 Å². The van der Waals surface area contributed by atoms with Crippen molar-refractivity contribution in [2.45, 2.75) is 19.3 Å². The van der Waals surface area contributed by atoms with Crippen molar-refractivity contribution in [2.75, 3.05) is 11.5 Å². The van der Waals surface area contributed by atoms with Crippen LogP contribution < -0.4 is 0 Å². The van der Waals surface area contributed by atoms with E-state index in [0.717, 1.165) is 19.3 Å². The van der Waals surface area contributed by atoms with Gasteiger partial charge < -0.3 is 0 Å². The maximum Gasteiger partial charge on any atom is 0.150 e. The molecule has 4 heteroatoms. The number of rotatable bonds is 0. The first-order valence-electron chi connectivity index (χ1n) is 4.18. The van der Waals surface area contributed by atoms with E-state index in [0.29, 0.717) is 5.75 Å². The normalized spacial score (nSPS) is 43.8. The number of nitrogens with zero attached hydrogens (tertiary/aromatic N) is 1. The molecule has 1 aliphatic heterocycles. The van der Waals surface area contributed by atoms with Crippen molar-refractivity contribution in [3.63, 3.8) is 0 Å². The molecule has 1 saturated carbocycles. The minimum absolute atomic E-state index is 0.0209. The van der Waals surface area contributed by atoms with Crippen LogP contribution in [0.3, 0.4) is 0 Å². The maximum atomic E-state index is 11.3. The molecule has 1 saturated heterocycles. The first-order chi connectivity index (χ1) is 5.58. The van der Waals surface area contributed by atoms with Crippen LogP contribution in [0.5, 0.6) is 0 Å². The third kappa shape index (κ3) is 1.13. The predicted molar refractivity (Wildman–Crippen MR) is 44.0 cm³/mol. The van der Waals surface area contributed by atoms with Crippen molar-refractivity contribution in [1.82, 2.24) is 0 Å². The van der Waals surface area contributed by atoms with Crippen LogP contribution in [0.2, 0.25) is 0 Å². The minimum Gasteiger partial charge on any atom is -0.229 e. The molecule has 1 spiro atoms. The van der Waals surface area contributed by atoms with Gasteiger partial charge in [0.1, 0.15) is 0 Å². The van der Waals surface area contributed by atoms with Crippen LogP contribution in [-0.2, 0) is 9.84 Å². The molecule has 0 N–H and O–H groups in total. The zero-order chi connectivity index (χ0) is 8.82. The SMILES string of the molecule is N#CC1CC12CCCS(=O)(=O)C2. The molecular formula is C8H11NO2S. The Morgan fingerprint density at radius 2 is 2.25 bits per heavy atom. The van der Waals surface area contributed by atoms with Crippen molar-refractivity contribution in [2.24, 2.45) is 11.3 Å². The highest BCUT2D eigenvalue weighted by Gasteiger charge is 2.57. The molecule has 0 radical (unpaired) electrons. The highest BCUT2D eigenvalue weighted by atomic mass is 32.2. The van der Waals surface area contributed by atoms with Gasteiger partial charge in [0.15, 0.2) is 9.84 Å². The third-order valence-electron chi connectivity index (χ3n) is 2.98. The molecule has 0 amide bonds. The topological polar surface area (TPSA) is 57.9 Å². The van der Waals surface area contributed by atoms with E-state index in [2.05, 4.69) is 6.07 Å². The Balaban J connectivity index is 2.18.